The van der Waals surface area contributed by atoms with Crippen molar-refractivity contribution in [3.8, 4) is 0 Å². The average Bonchev–Trinajstić information content (AvgIpc) is 2.94. The van der Waals surface area contributed by atoms with Gasteiger partial charge in [-0.15, -0.1) is 0 Å². The quantitative estimate of drug-likeness (QED) is 0.914. The van der Waals surface area contributed by atoms with Crippen LogP contribution in [0.5, 0.6) is 0 Å². The van der Waals surface area contributed by atoms with Crippen LogP contribution in [0.15, 0.2) is 46.8 Å². The molecule has 120 valence electrons. The van der Waals surface area contributed by atoms with Crippen LogP contribution in [0, 0.1) is 0 Å². The Balaban J connectivity index is 1.83. The number of hydrogen-bond acceptors (Lipinski definition) is 4. The number of nitrogens with one attached hydrogen (secondary N) is 1. The molecule has 1 aliphatic heterocycles. The van der Waals surface area contributed by atoms with E-state index in [4.69, 9.17) is 0 Å². The van der Waals surface area contributed by atoms with Gasteiger partial charge < -0.3 is 0 Å². The smallest absolute Gasteiger partial charge is 0.275 e. The van der Waals surface area contributed by atoms with Crippen LogP contribution in [0.4, 0.5) is 18.9 Å². The number of thioether (sulfide) groups is 1. The maximum atomic E-state index is 13.0. The monoisotopic (exact) mass is 339 g/mol. The zero-order valence-corrected chi connectivity index (χ0v) is 12.8. The lowest BCUT2D eigenvalue weighted by atomic mass is 10.2. The second-order valence-electron chi connectivity index (χ2n) is 4.79. The largest absolute Gasteiger partial charge is 0.418 e. The number of para-hydroxylation sites is 1. The lowest BCUT2D eigenvalue weighted by molar-refractivity contribution is -0.137. The predicted octanol–water partition coefficient (Wildman–Crippen LogP) is 3.17. The van der Waals surface area contributed by atoms with E-state index in [1.165, 1.54) is 30.0 Å². The normalized spacial score (nSPS) is 17.0. The van der Waals surface area contributed by atoms with E-state index in [2.05, 4.69) is 20.6 Å². The van der Waals surface area contributed by atoms with Gasteiger partial charge in [-0.05, 0) is 12.1 Å². The van der Waals surface area contributed by atoms with E-state index < -0.39 is 11.7 Å². The number of aliphatic imine (C=N–C) groups is 1. The first kappa shape index (κ1) is 15.6. The van der Waals surface area contributed by atoms with E-state index in [1.807, 2.05) is 6.20 Å². The van der Waals surface area contributed by atoms with Crippen molar-refractivity contribution >= 4 is 28.3 Å². The first-order chi connectivity index (χ1) is 10.9. The number of alkyl halides is 3. The topological polar surface area (TPSA) is 54.6 Å². The summed E-state index contributed by atoms with van der Waals surface area (Å²) >= 11 is 1.29. The fourth-order valence-corrected chi connectivity index (χ4v) is 2.79. The Kier molecular flexibility index (Phi) is 4.12. The number of hydrogen-bond donors (Lipinski definition) is 1. The van der Waals surface area contributed by atoms with E-state index in [-0.39, 0.29) is 5.69 Å². The van der Waals surface area contributed by atoms with Crippen LogP contribution in [-0.4, -0.2) is 26.4 Å². The molecule has 1 aliphatic rings. The average molecular weight is 339 g/mol. The number of aromatic nitrogens is 2. The third-order valence-electron chi connectivity index (χ3n) is 3.10. The Hall–Kier alpha value is -2.29. The maximum Gasteiger partial charge on any atom is 0.418 e. The van der Waals surface area contributed by atoms with Crippen molar-refractivity contribution in [1.82, 2.24) is 15.2 Å². The molecule has 9 heteroatoms. The van der Waals surface area contributed by atoms with E-state index in [1.54, 1.807) is 17.9 Å². The highest BCUT2D eigenvalue weighted by Crippen LogP contribution is 2.36. The molecular formula is C14H12F3N5S. The van der Waals surface area contributed by atoms with Crippen LogP contribution in [0.25, 0.3) is 0 Å². The number of aryl methyl sites for hydroxylation is 1. The third kappa shape index (κ3) is 3.55. The molecule has 0 atom stereocenters. The summed E-state index contributed by atoms with van der Waals surface area (Å²) in [5, 5.41) is 8.55. The SMILES string of the molecule is Cn1cc(C2=NNC(=Nc3ccccc3C(F)(F)F)SC2)cn1. The Morgan fingerprint density at radius 2 is 2.09 bits per heavy atom. The first-order valence-electron chi connectivity index (χ1n) is 6.63. The van der Waals surface area contributed by atoms with Crippen LogP contribution in [0.3, 0.4) is 0 Å². The summed E-state index contributed by atoms with van der Waals surface area (Å²) in [6, 6.07) is 5.20. The molecule has 0 amide bonds. The highest BCUT2D eigenvalue weighted by molar-refractivity contribution is 8.14. The zero-order valence-electron chi connectivity index (χ0n) is 12.0. The fourth-order valence-electron chi connectivity index (χ4n) is 2.01. The molecule has 2 aromatic rings. The fraction of sp³-hybridized carbons (Fsp3) is 0.214. The van der Waals surface area contributed by atoms with Crippen molar-refractivity contribution in [3.63, 3.8) is 0 Å². The molecule has 0 unspecified atom stereocenters. The van der Waals surface area contributed by atoms with Crippen molar-refractivity contribution in [3.05, 3.63) is 47.8 Å². The molecule has 5 nitrogen and oxygen atoms in total. The molecule has 0 radical (unpaired) electrons. The molecule has 2 heterocycles. The zero-order chi connectivity index (χ0) is 16.4. The molecular weight excluding hydrogens is 327 g/mol. The minimum Gasteiger partial charge on any atom is -0.275 e. The molecule has 0 aliphatic carbocycles. The number of benzene rings is 1. The van der Waals surface area contributed by atoms with Gasteiger partial charge in [0.1, 0.15) is 0 Å². The highest BCUT2D eigenvalue weighted by atomic mass is 32.2. The van der Waals surface area contributed by atoms with Crippen LogP contribution < -0.4 is 5.43 Å². The van der Waals surface area contributed by atoms with Gasteiger partial charge in [-0.25, -0.2) is 4.99 Å². The number of hydrazone groups is 1. The molecule has 1 aromatic carbocycles. The second kappa shape index (κ2) is 6.07. The molecule has 0 fully saturated rings. The number of halogens is 3. The summed E-state index contributed by atoms with van der Waals surface area (Å²) in [7, 11) is 1.80. The summed E-state index contributed by atoms with van der Waals surface area (Å²) in [5.41, 5.74) is 3.44. The van der Waals surface area contributed by atoms with Crippen LogP contribution >= 0.6 is 11.8 Å². The Morgan fingerprint density at radius 1 is 1.30 bits per heavy atom. The summed E-state index contributed by atoms with van der Waals surface area (Å²) in [5.74, 6) is 0.506. The van der Waals surface area contributed by atoms with Gasteiger partial charge in [-0.3, -0.25) is 10.1 Å². The Morgan fingerprint density at radius 3 is 2.70 bits per heavy atom. The van der Waals surface area contributed by atoms with Gasteiger partial charge >= 0.3 is 6.18 Å². The number of amidine groups is 1. The molecule has 1 aromatic heterocycles. The van der Waals surface area contributed by atoms with Crippen LogP contribution in [0.1, 0.15) is 11.1 Å². The molecule has 0 saturated heterocycles. The van der Waals surface area contributed by atoms with E-state index in [9.17, 15) is 13.2 Å². The number of nitrogens with zero attached hydrogens (tertiary/aromatic N) is 4. The van der Waals surface area contributed by atoms with Crippen molar-refractivity contribution < 1.29 is 13.2 Å². The summed E-state index contributed by atoms with van der Waals surface area (Å²) < 4.78 is 40.5. The molecule has 0 saturated carbocycles. The Labute approximate surface area is 134 Å². The minimum absolute atomic E-state index is 0.130. The summed E-state index contributed by atoms with van der Waals surface area (Å²) in [6.45, 7) is 0. The maximum absolute atomic E-state index is 13.0. The van der Waals surface area contributed by atoms with Crippen molar-refractivity contribution in [2.45, 2.75) is 6.18 Å². The first-order valence-corrected chi connectivity index (χ1v) is 7.61. The van der Waals surface area contributed by atoms with Gasteiger partial charge in [-0.2, -0.15) is 23.4 Å². The van der Waals surface area contributed by atoms with E-state index >= 15 is 0 Å². The second-order valence-corrected chi connectivity index (χ2v) is 5.76. The Bertz CT molecular complexity index is 779. The minimum atomic E-state index is -4.44. The molecule has 3 rings (SSSR count). The summed E-state index contributed by atoms with van der Waals surface area (Å²) in [4.78, 5) is 4.04. The predicted molar refractivity (Wildman–Crippen MR) is 83.9 cm³/mol. The molecule has 0 spiro atoms. The van der Waals surface area contributed by atoms with E-state index in [0.717, 1.165) is 17.3 Å². The third-order valence-corrected chi connectivity index (χ3v) is 3.98. The van der Waals surface area contributed by atoms with Gasteiger partial charge in [0.15, 0.2) is 5.17 Å². The lowest BCUT2D eigenvalue weighted by Gasteiger charge is -2.15. The van der Waals surface area contributed by atoms with Crippen molar-refractivity contribution in [2.24, 2.45) is 17.1 Å². The molecule has 23 heavy (non-hydrogen) atoms. The standard InChI is InChI=1S/C14H12F3N5S/c1-22-7-9(6-18-22)12-8-23-13(21-20-12)19-11-5-3-2-4-10(11)14(15,16)17/h2-7H,8H2,1H3,(H,19,21). The van der Waals surface area contributed by atoms with E-state index in [0.29, 0.717) is 10.9 Å². The van der Waals surface area contributed by atoms with Crippen LogP contribution in [-0.2, 0) is 13.2 Å². The number of rotatable bonds is 2. The van der Waals surface area contributed by atoms with Gasteiger partial charge in [-0.1, -0.05) is 23.9 Å². The van der Waals surface area contributed by atoms with Crippen molar-refractivity contribution in [1.29, 1.82) is 0 Å². The van der Waals surface area contributed by atoms with Crippen LogP contribution in [0.2, 0.25) is 0 Å². The molecule has 1 N–H and O–H groups in total. The van der Waals surface area contributed by atoms with Gasteiger partial charge in [0, 0.05) is 24.6 Å². The summed E-state index contributed by atoms with van der Waals surface area (Å²) in [6.07, 6.45) is -0.936. The van der Waals surface area contributed by atoms with Gasteiger partial charge in [0.05, 0.1) is 23.2 Å². The molecule has 0 bridgehead atoms. The van der Waals surface area contributed by atoms with Gasteiger partial charge in [0.25, 0.3) is 0 Å². The lowest BCUT2D eigenvalue weighted by Crippen LogP contribution is -2.25. The van der Waals surface area contributed by atoms with Crippen molar-refractivity contribution in [2.75, 3.05) is 5.75 Å². The van der Waals surface area contributed by atoms with Gasteiger partial charge in [0.2, 0.25) is 0 Å². The highest BCUT2D eigenvalue weighted by Gasteiger charge is 2.33.